The molecule has 0 aromatic heterocycles. The molecule has 2 unspecified atom stereocenters. The fourth-order valence-corrected chi connectivity index (χ4v) is 4.40. The summed E-state index contributed by atoms with van der Waals surface area (Å²) in [6, 6.07) is 13.6. The molecule has 158 valence electrons. The van der Waals surface area contributed by atoms with Gasteiger partial charge in [0.05, 0.1) is 12.1 Å². The van der Waals surface area contributed by atoms with Crippen LogP contribution in [-0.4, -0.2) is 52.9 Å². The average Bonchev–Trinajstić information content (AvgIpc) is 3.09. The van der Waals surface area contributed by atoms with Gasteiger partial charge in [-0.05, 0) is 55.8 Å². The molecule has 8 heteroatoms. The van der Waals surface area contributed by atoms with Gasteiger partial charge in [0, 0.05) is 23.8 Å². The number of fused-ring (bicyclic) bond motifs is 1. The van der Waals surface area contributed by atoms with E-state index in [0.29, 0.717) is 18.1 Å². The SMILES string of the molecule is CC1(C)C2=NC(c3ccc(F)cc3)C(Nc3ccc(Cl)cc3)N2CCN1C(=O)CN. The van der Waals surface area contributed by atoms with Crippen molar-refractivity contribution in [3.05, 3.63) is 64.9 Å². The van der Waals surface area contributed by atoms with E-state index in [0.717, 1.165) is 17.1 Å². The predicted octanol–water partition coefficient (Wildman–Crippen LogP) is 3.25. The summed E-state index contributed by atoms with van der Waals surface area (Å²) in [5.74, 6) is 0.426. The summed E-state index contributed by atoms with van der Waals surface area (Å²) in [5, 5.41) is 4.22. The van der Waals surface area contributed by atoms with E-state index in [2.05, 4.69) is 10.2 Å². The van der Waals surface area contributed by atoms with Gasteiger partial charge in [0.25, 0.3) is 0 Å². The standard InChI is InChI=1S/C22H25ClFN5O/c1-22(2)21-27-19(14-3-7-16(24)8-4-14)20(26-17-9-5-15(23)6-10-17)28(21)11-12-29(22)18(30)13-25/h3-10,19-20,26H,11-13,25H2,1-2H3. The molecule has 30 heavy (non-hydrogen) atoms. The summed E-state index contributed by atoms with van der Waals surface area (Å²) in [6.07, 6.45) is -0.180. The fourth-order valence-electron chi connectivity index (χ4n) is 4.28. The highest BCUT2D eigenvalue weighted by Crippen LogP contribution is 2.38. The molecule has 6 nitrogen and oxygen atoms in total. The second kappa shape index (κ2) is 7.89. The van der Waals surface area contributed by atoms with Gasteiger partial charge in [-0.2, -0.15) is 0 Å². The molecular weight excluding hydrogens is 405 g/mol. The van der Waals surface area contributed by atoms with Crippen molar-refractivity contribution < 1.29 is 9.18 Å². The Labute approximate surface area is 180 Å². The quantitative estimate of drug-likeness (QED) is 0.782. The van der Waals surface area contributed by atoms with Crippen molar-refractivity contribution in [1.82, 2.24) is 9.80 Å². The number of hydrogen-bond acceptors (Lipinski definition) is 5. The summed E-state index contributed by atoms with van der Waals surface area (Å²) in [4.78, 5) is 21.4. The number of benzene rings is 2. The minimum atomic E-state index is -0.608. The van der Waals surface area contributed by atoms with Crippen LogP contribution in [0.2, 0.25) is 5.02 Å². The van der Waals surface area contributed by atoms with Crippen LogP contribution in [0.25, 0.3) is 0 Å². The number of amidine groups is 1. The van der Waals surface area contributed by atoms with Gasteiger partial charge in [0.2, 0.25) is 5.91 Å². The predicted molar refractivity (Wildman–Crippen MR) is 117 cm³/mol. The number of nitrogens with one attached hydrogen (secondary N) is 1. The topological polar surface area (TPSA) is 74.0 Å². The Kier molecular flexibility index (Phi) is 5.42. The largest absolute Gasteiger partial charge is 0.363 e. The Morgan fingerprint density at radius 3 is 2.50 bits per heavy atom. The molecule has 0 bridgehead atoms. The fraction of sp³-hybridized carbons (Fsp3) is 0.364. The first-order valence-electron chi connectivity index (χ1n) is 9.94. The van der Waals surface area contributed by atoms with E-state index in [9.17, 15) is 9.18 Å². The van der Waals surface area contributed by atoms with E-state index < -0.39 is 5.54 Å². The van der Waals surface area contributed by atoms with Gasteiger partial charge in [-0.1, -0.05) is 23.7 Å². The first kappa shape index (κ1) is 20.6. The number of amides is 1. The van der Waals surface area contributed by atoms with E-state index in [4.69, 9.17) is 22.3 Å². The molecule has 2 aromatic carbocycles. The zero-order valence-electron chi connectivity index (χ0n) is 17.0. The van der Waals surface area contributed by atoms with Crippen molar-refractivity contribution in [3.63, 3.8) is 0 Å². The van der Waals surface area contributed by atoms with Crippen LogP contribution in [0, 0.1) is 5.82 Å². The number of aliphatic imine (C=N–C) groups is 1. The Hall–Kier alpha value is -2.64. The van der Waals surface area contributed by atoms with Crippen molar-refractivity contribution in [2.24, 2.45) is 10.7 Å². The van der Waals surface area contributed by atoms with Crippen LogP contribution in [0.1, 0.15) is 25.5 Å². The Morgan fingerprint density at radius 2 is 1.87 bits per heavy atom. The lowest BCUT2D eigenvalue weighted by Crippen LogP contribution is -2.66. The number of carbonyl (C=O) groups excluding carboxylic acids is 1. The maximum absolute atomic E-state index is 13.5. The van der Waals surface area contributed by atoms with Crippen LogP contribution in [0.15, 0.2) is 53.5 Å². The maximum Gasteiger partial charge on any atom is 0.237 e. The lowest BCUT2D eigenvalue weighted by molar-refractivity contribution is -0.134. The van der Waals surface area contributed by atoms with Crippen LogP contribution in [0.4, 0.5) is 10.1 Å². The average molecular weight is 430 g/mol. The number of anilines is 1. The summed E-state index contributed by atoms with van der Waals surface area (Å²) < 4.78 is 13.5. The number of piperazine rings is 1. The van der Waals surface area contributed by atoms with Crippen LogP contribution in [0.5, 0.6) is 0 Å². The normalized spacial score (nSPS) is 22.5. The number of halogens is 2. The molecule has 2 atom stereocenters. The molecular formula is C22H25ClFN5O. The Morgan fingerprint density at radius 1 is 1.20 bits per heavy atom. The monoisotopic (exact) mass is 429 g/mol. The third-order valence-electron chi connectivity index (χ3n) is 5.80. The molecule has 2 aliphatic heterocycles. The van der Waals surface area contributed by atoms with Gasteiger partial charge < -0.3 is 20.9 Å². The molecule has 2 aromatic rings. The van der Waals surface area contributed by atoms with Crippen molar-refractivity contribution in [2.75, 3.05) is 25.0 Å². The second-order valence-corrected chi connectivity index (χ2v) is 8.48. The molecule has 0 spiro atoms. The zero-order chi connectivity index (χ0) is 21.5. The third-order valence-corrected chi connectivity index (χ3v) is 6.05. The summed E-state index contributed by atoms with van der Waals surface area (Å²) in [6.45, 7) is 5.11. The third kappa shape index (κ3) is 3.63. The first-order chi connectivity index (χ1) is 14.3. The van der Waals surface area contributed by atoms with Crippen molar-refractivity contribution in [1.29, 1.82) is 0 Å². The molecule has 0 saturated carbocycles. The number of nitrogens with zero attached hydrogens (tertiary/aromatic N) is 3. The first-order valence-corrected chi connectivity index (χ1v) is 10.3. The molecule has 3 N–H and O–H groups in total. The summed E-state index contributed by atoms with van der Waals surface area (Å²) in [7, 11) is 0. The molecule has 4 rings (SSSR count). The minimum Gasteiger partial charge on any atom is -0.363 e. The molecule has 1 amide bonds. The molecule has 0 radical (unpaired) electrons. The van der Waals surface area contributed by atoms with E-state index in [1.54, 1.807) is 17.0 Å². The summed E-state index contributed by atoms with van der Waals surface area (Å²) in [5.41, 5.74) is 6.83. The van der Waals surface area contributed by atoms with Crippen molar-refractivity contribution in [3.8, 4) is 0 Å². The van der Waals surface area contributed by atoms with Gasteiger partial charge in [-0.15, -0.1) is 0 Å². The lowest BCUT2D eigenvalue weighted by atomic mass is 9.96. The highest BCUT2D eigenvalue weighted by Gasteiger charge is 2.49. The molecule has 2 heterocycles. The van der Waals surface area contributed by atoms with Crippen LogP contribution < -0.4 is 11.1 Å². The highest BCUT2D eigenvalue weighted by molar-refractivity contribution is 6.30. The van der Waals surface area contributed by atoms with Crippen molar-refractivity contribution >= 4 is 29.0 Å². The van der Waals surface area contributed by atoms with E-state index in [-0.39, 0.29) is 30.5 Å². The van der Waals surface area contributed by atoms with E-state index in [1.807, 2.05) is 38.1 Å². The zero-order valence-corrected chi connectivity index (χ0v) is 17.7. The Balaban J connectivity index is 1.72. The number of carbonyl (C=O) groups is 1. The molecule has 0 aliphatic carbocycles. The van der Waals surface area contributed by atoms with E-state index >= 15 is 0 Å². The van der Waals surface area contributed by atoms with Gasteiger partial charge in [-0.25, -0.2) is 4.39 Å². The highest BCUT2D eigenvalue weighted by atomic mass is 35.5. The summed E-state index contributed by atoms with van der Waals surface area (Å²) >= 11 is 6.03. The van der Waals surface area contributed by atoms with Gasteiger partial charge in [0.15, 0.2) is 0 Å². The second-order valence-electron chi connectivity index (χ2n) is 8.05. The molecule has 1 fully saturated rings. The van der Waals surface area contributed by atoms with Crippen LogP contribution in [-0.2, 0) is 4.79 Å². The number of rotatable bonds is 4. The molecule has 1 saturated heterocycles. The number of nitrogens with two attached hydrogens (primary N) is 1. The Bertz CT molecular complexity index is 960. The van der Waals surface area contributed by atoms with Gasteiger partial charge in [-0.3, -0.25) is 9.79 Å². The number of hydrogen-bond donors (Lipinski definition) is 2. The van der Waals surface area contributed by atoms with Crippen LogP contribution >= 0.6 is 11.6 Å². The smallest absolute Gasteiger partial charge is 0.237 e. The maximum atomic E-state index is 13.5. The van der Waals surface area contributed by atoms with Gasteiger partial charge >= 0.3 is 0 Å². The minimum absolute atomic E-state index is 0.0371. The molecule has 2 aliphatic rings. The van der Waals surface area contributed by atoms with E-state index in [1.165, 1.54) is 12.1 Å². The van der Waals surface area contributed by atoms with Gasteiger partial charge in [0.1, 0.15) is 23.9 Å². The lowest BCUT2D eigenvalue weighted by Gasteiger charge is -2.48. The van der Waals surface area contributed by atoms with Crippen molar-refractivity contribution in [2.45, 2.75) is 31.6 Å². The van der Waals surface area contributed by atoms with Crippen LogP contribution in [0.3, 0.4) is 0 Å².